The van der Waals surface area contributed by atoms with E-state index in [2.05, 4.69) is 9.97 Å². The lowest BCUT2D eigenvalue weighted by Gasteiger charge is -1.97. The molecular formula is C16H12N2O2S. The fourth-order valence-electron chi connectivity index (χ4n) is 2.01. The Bertz CT molecular complexity index is 797. The predicted octanol–water partition coefficient (Wildman–Crippen LogP) is 3.88. The second kappa shape index (κ2) is 5.46. The Morgan fingerprint density at radius 1 is 1.19 bits per heavy atom. The Balaban J connectivity index is 2.15. The van der Waals surface area contributed by atoms with Crippen molar-refractivity contribution in [1.82, 2.24) is 9.97 Å². The van der Waals surface area contributed by atoms with Crippen molar-refractivity contribution in [3.8, 4) is 21.1 Å². The smallest absolute Gasteiger partial charge is 0.356 e. The van der Waals surface area contributed by atoms with Gasteiger partial charge in [-0.1, -0.05) is 30.3 Å². The molecule has 0 aliphatic rings. The Hall–Kier alpha value is -2.53. The lowest BCUT2D eigenvalue weighted by molar-refractivity contribution is 0.0692. The van der Waals surface area contributed by atoms with Crippen LogP contribution in [0.1, 0.15) is 16.1 Å². The highest BCUT2D eigenvalue weighted by atomic mass is 32.1. The van der Waals surface area contributed by atoms with Gasteiger partial charge >= 0.3 is 5.97 Å². The Morgan fingerprint density at radius 2 is 1.95 bits per heavy atom. The van der Waals surface area contributed by atoms with Gasteiger partial charge in [0.2, 0.25) is 0 Å². The molecule has 21 heavy (non-hydrogen) atoms. The predicted molar refractivity (Wildman–Crippen MR) is 82.5 cm³/mol. The molecule has 0 radical (unpaired) electrons. The molecule has 0 atom stereocenters. The molecule has 2 heterocycles. The summed E-state index contributed by atoms with van der Waals surface area (Å²) in [6, 6.07) is 13.2. The zero-order valence-electron chi connectivity index (χ0n) is 11.3. The van der Waals surface area contributed by atoms with Gasteiger partial charge in [-0.2, -0.15) is 0 Å². The topological polar surface area (TPSA) is 63.1 Å². The molecule has 0 saturated heterocycles. The van der Waals surface area contributed by atoms with Crippen LogP contribution in [0.25, 0.3) is 21.1 Å². The van der Waals surface area contributed by atoms with E-state index in [4.69, 9.17) is 0 Å². The molecule has 0 unspecified atom stereocenters. The van der Waals surface area contributed by atoms with Crippen LogP contribution in [0, 0.1) is 6.92 Å². The van der Waals surface area contributed by atoms with E-state index in [1.807, 2.05) is 49.4 Å². The van der Waals surface area contributed by atoms with Gasteiger partial charge in [0.05, 0.1) is 10.6 Å². The van der Waals surface area contributed by atoms with Gasteiger partial charge in [-0.15, -0.1) is 11.3 Å². The molecule has 4 nitrogen and oxygen atoms in total. The molecule has 1 aromatic carbocycles. The lowest BCUT2D eigenvalue weighted by Crippen LogP contribution is -1.98. The standard InChI is InChI=1S/C16H12N2O2S/c1-10-7-8-17-12(9-10)15-18-13(16(19)20)14(21-15)11-5-3-2-4-6-11/h2-9H,1H3,(H,19,20). The molecule has 104 valence electrons. The van der Waals surface area contributed by atoms with Crippen LogP contribution in [0.3, 0.4) is 0 Å². The van der Waals surface area contributed by atoms with Crippen molar-refractivity contribution in [2.45, 2.75) is 6.92 Å². The van der Waals surface area contributed by atoms with Crippen LogP contribution >= 0.6 is 11.3 Å². The van der Waals surface area contributed by atoms with E-state index < -0.39 is 5.97 Å². The summed E-state index contributed by atoms with van der Waals surface area (Å²) in [5.74, 6) is -1.02. The van der Waals surface area contributed by atoms with Gasteiger partial charge in [0, 0.05) is 6.20 Å². The van der Waals surface area contributed by atoms with Crippen LogP contribution in [-0.4, -0.2) is 21.0 Å². The summed E-state index contributed by atoms with van der Waals surface area (Å²) in [4.78, 5) is 20.6. The monoisotopic (exact) mass is 296 g/mol. The summed E-state index contributed by atoms with van der Waals surface area (Å²) in [5.41, 5.74) is 2.69. The number of aromatic carboxylic acids is 1. The number of benzene rings is 1. The van der Waals surface area contributed by atoms with Gasteiger partial charge in [0.15, 0.2) is 5.69 Å². The number of thiazole rings is 1. The third-order valence-electron chi connectivity index (χ3n) is 3.00. The number of hydrogen-bond acceptors (Lipinski definition) is 4. The highest BCUT2D eigenvalue weighted by Crippen LogP contribution is 2.34. The van der Waals surface area contributed by atoms with Crippen LogP contribution in [-0.2, 0) is 0 Å². The van der Waals surface area contributed by atoms with Crippen LogP contribution in [0.4, 0.5) is 0 Å². The maximum Gasteiger partial charge on any atom is 0.356 e. The van der Waals surface area contributed by atoms with Crippen molar-refractivity contribution in [3.05, 3.63) is 59.9 Å². The minimum Gasteiger partial charge on any atom is -0.476 e. The highest BCUT2D eigenvalue weighted by molar-refractivity contribution is 7.18. The first-order valence-electron chi connectivity index (χ1n) is 6.38. The molecule has 5 heteroatoms. The minimum atomic E-state index is -1.02. The third kappa shape index (κ3) is 2.68. The second-order valence-corrected chi connectivity index (χ2v) is 5.59. The Morgan fingerprint density at radius 3 is 2.62 bits per heavy atom. The maximum absolute atomic E-state index is 11.4. The summed E-state index contributed by atoms with van der Waals surface area (Å²) in [7, 11) is 0. The molecule has 0 spiro atoms. The summed E-state index contributed by atoms with van der Waals surface area (Å²) in [6.45, 7) is 1.97. The minimum absolute atomic E-state index is 0.0736. The van der Waals surface area contributed by atoms with E-state index in [-0.39, 0.29) is 5.69 Å². The van der Waals surface area contributed by atoms with Gasteiger partial charge in [0.1, 0.15) is 5.01 Å². The normalized spacial score (nSPS) is 10.5. The second-order valence-electron chi connectivity index (χ2n) is 4.59. The summed E-state index contributed by atoms with van der Waals surface area (Å²) in [5, 5.41) is 9.99. The number of carboxylic acid groups (broad SMARTS) is 1. The van der Waals surface area contributed by atoms with Crippen LogP contribution in [0.2, 0.25) is 0 Å². The first-order valence-corrected chi connectivity index (χ1v) is 7.19. The Labute approximate surface area is 125 Å². The quantitative estimate of drug-likeness (QED) is 0.796. The van der Waals surface area contributed by atoms with Gasteiger partial charge in [-0.25, -0.2) is 9.78 Å². The molecule has 2 aromatic heterocycles. The Kier molecular flexibility index (Phi) is 3.50. The van der Waals surface area contributed by atoms with Crippen LogP contribution in [0.5, 0.6) is 0 Å². The molecule has 0 aliphatic carbocycles. The van der Waals surface area contributed by atoms with E-state index in [1.54, 1.807) is 6.20 Å². The molecule has 0 amide bonds. The number of carboxylic acids is 1. The molecular weight excluding hydrogens is 284 g/mol. The van der Waals surface area contributed by atoms with Crippen LogP contribution < -0.4 is 0 Å². The number of pyridine rings is 1. The van der Waals surface area contributed by atoms with E-state index >= 15 is 0 Å². The van der Waals surface area contributed by atoms with E-state index in [0.29, 0.717) is 15.6 Å². The number of nitrogens with zero attached hydrogens (tertiary/aromatic N) is 2. The van der Waals surface area contributed by atoms with Crippen molar-refractivity contribution in [1.29, 1.82) is 0 Å². The molecule has 0 aliphatic heterocycles. The number of hydrogen-bond donors (Lipinski definition) is 1. The number of carbonyl (C=O) groups is 1. The van der Waals surface area contributed by atoms with Crippen molar-refractivity contribution < 1.29 is 9.90 Å². The molecule has 0 fully saturated rings. The number of aryl methyl sites for hydroxylation is 1. The molecule has 0 saturated carbocycles. The lowest BCUT2D eigenvalue weighted by atomic mass is 10.1. The number of rotatable bonds is 3. The average Bonchev–Trinajstić information content (AvgIpc) is 2.93. The summed E-state index contributed by atoms with van der Waals surface area (Å²) < 4.78 is 0. The molecule has 1 N–H and O–H groups in total. The highest BCUT2D eigenvalue weighted by Gasteiger charge is 2.19. The summed E-state index contributed by atoms with van der Waals surface area (Å²) in [6.07, 6.45) is 1.70. The van der Waals surface area contributed by atoms with Crippen molar-refractivity contribution in [2.75, 3.05) is 0 Å². The van der Waals surface area contributed by atoms with Gasteiger partial charge in [-0.05, 0) is 30.2 Å². The SMILES string of the molecule is Cc1ccnc(-c2nc(C(=O)O)c(-c3ccccc3)s2)c1. The van der Waals surface area contributed by atoms with E-state index in [0.717, 1.165) is 11.1 Å². The van der Waals surface area contributed by atoms with E-state index in [1.165, 1.54) is 11.3 Å². The fourth-order valence-corrected chi connectivity index (χ4v) is 3.04. The molecule has 3 aromatic rings. The first kappa shape index (κ1) is 13.5. The van der Waals surface area contributed by atoms with Gasteiger partial charge in [-0.3, -0.25) is 4.98 Å². The van der Waals surface area contributed by atoms with Crippen molar-refractivity contribution >= 4 is 17.3 Å². The zero-order valence-corrected chi connectivity index (χ0v) is 12.1. The first-order chi connectivity index (χ1) is 10.1. The van der Waals surface area contributed by atoms with Crippen LogP contribution in [0.15, 0.2) is 48.7 Å². The zero-order chi connectivity index (χ0) is 14.8. The fraction of sp³-hybridized carbons (Fsp3) is 0.0625. The largest absolute Gasteiger partial charge is 0.476 e. The van der Waals surface area contributed by atoms with E-state index in [9.17, 15) is 9.90 Å². The number of aromatic nitrogens is 2. The van der Waals surface area contributed by atoms with Crippen molar-refractivity contribution in [2.24, 2.45) is 0 Å². The molecule has 0 bridgehead atoms. The van der Waals surface area contributed by atoms with Crippen molar-refractivity contribution in [3.63, 3.8) is 0 Å². The van der Waals surface area contributed by atoms with Gasteiger partial charge < -0.3 is 5.11 Å². The maximum atomic E-state index is 11.4. The average molecular weight is 296 g/mol. The third-order valence-corrected chi connectivity index (χ3v) is 4.13. The molecule has 3 rings (SSSR count). The summed E-state index contributed by atoms with van der Waals surface area (Å²) >= 11 is 1.35. The van der Waals surface area contributed by atoms with Gasteiger partial charge in [0.25, 0.3) is 0 Å².